The van der Waals surface area contributed by atoms with Gasteiger partial charge in [0.2, 0.25) is 11.8 Å². The number of nitrogens with one attached hydrogen (secondary N) is 2. The summed E-state index contributed by atoms with van der Waals surface area (Å²) in [4.78, 5) is 30.8. The molecule has 5 nitrogen and oxygen atoms in total. The van der Waals surface area contributed by atoms with E-state index in [0.717, 1.165) is 0 Å². The van der Waals surface area contributed by atoms with Crippen LogP contribution in [0, 0.1) is 0 Å². The molecule has 1 aliphatic rings. The molecule has 4 amide bonds. The molecule has 0 unspecified atom stereocenters. The fourth-order valence-electron chi connectivity index (χ4n) is 0.519. The number of carbonyl (C=O) groups excluding carboxylic acids is 3. The molecule has 0 bridgehead atoms. The molecule has 0 aromatic heterocycles. The van der Waals surface area contributed by atoms with E-state index in [0.29, 0.717) is 0 Å². The van der Waals surface area contributed by atoms with Crippen molar-refractivity contribution in [3.63, 3.8) is 0 Å². The number of hydrogen-bond acceptors (Lipinski definition) is 3. The number of amides is 4. The number of urea groups is 1. The average Bonchev–Trinajstić information content (AvgIpc) is 1.59. The van der Waals surface area contributed by atoms with E-state index < -0.39 is 17.8 Å². The lowest BCUT2D eigenvalue weighted by molar-refractivity contribution is -0.129. The largest absolute Gasteiger partial charge is 0.328 e. The predicted octanol–water partition coefficient (Wildman–Crippen LogP) is -1.26. The van der Waals surface area contributed by atoms with Crippen molar-refractivity contribution >= 4 is 17.8 Å². The Morgan fingerprint density at radius 2 is 1.44 bits per heavy atom. The van der Waals surface area contributed by atoms with Crippen LogP contribution >= 0.6 is 0 Å². The van der Waals surface area contributed by atoms with Crippen molar-refractivity contribution < 1.29 is 14.4 Å². The first-order valence-electron chi connectivity index (χ1n) is 2.32. The van der Waals surface area contributed by atoms with Crippen molar-refractivity contribution in [1.82, 2.24) is 10.6 Å². The van der Waals surface area contributed by atoms with Gasteiger partial charge in [0, 0.05) is 0 Å². The second kappa shape index (κ2) is 1.85. The van der Waals surface area contributed by atoms with Gasteiger partial charge >= 0.3 is 6.03 Å². The highest BCUT2D eigenvalue weighted by Crippen LogP contribution is 1.85. The standard InChI is InChI=1S/C4H4N2O3/c7-2-1-3(8)6-4(9)5-2/h1H2,(H2,5,6,7,8,9)/i4+1,5+1,6+1. The topological polar surface area (TPSA) is 75.3 Å². The van der Waals surface area contributed by atoms with Gasteiger partial charge in [0.25, 0.3) is 0 Å². The van der Waals surface area contributed by atoms with Gasteiger partial charge in [-0.2, -0.15) is 0 Å². The molecule has 1 saturated heterocycles. The Bertz CT molecular complexity index is 141. The molecule has 1 aliphatic heterocycles. The monoisotopic (exact) mass is 131 g/mol. The highest BCUT2D eigenvalue weighted by Gasteiger charge is 2.20. The summed E-state index contributed by atoms with van der Waals surface area (Å²) in [7, 11) is 0. The van der Waals surface area contributed by atoms with Crippen molar-refractivity contribution in [3.8, 4) is 0 Å². The zero-order valence-corrected chi connectivity index (χ0v) is 4.43. The molecule has 2 N–H and O–H groups in total. The normalized spacial score (nSPS) is 18.9. The minimum absolute atomic E-state index is 0.258. The van der Waals surface area contributed by atoms with Crippen LogP contribution in [0.5, 0.6) is 0 Å². The van der Waals surface area contributed by atoms with Gasteiger partial charge in [-0.3, -0.25) is 20.2 Å². The van der Waals surface area contributed by atoms with Crippen LogP contribution in [0.2, 0.25) is 0 Å². The highest BCUT2D eigenvalue weighted by molar-refractivity contribution is 6.14. The Labute approximate surface area is 50.4 Å². The molecule has 0 saturated carbocycles. The minimum Gasteiger partial charge on any atom is -0.277 e. The van der Waals surface area contributed by atoms with Gasteiger partial charge in [-0.15, -0.1) is 0 Å². The summed E-state index contributed by atoms with van der Waals surface area (Å²) < 4.78 is 0. The molecule has 0 atom stereocenters. The maximum absolute atomic E-state index is 10.3. The molecular formula is C4H4N2O3. The van der Waals surface area contributed by atoms with E-state index in [4.69, 9.17) is 0 Å². The molecule has 48 valence electrons. The zero-order chi connectivity index (χ0) is 6.85. The lowest BCUT2D eigenvalue weighted by Crippen LogP contribution is -2.49. The first-order chi connectivity index (χ1) is 4.18. The maximum Gasteiger partial charge on any atom is 0.328 e. The SMILES string of the molecule is O=C1CC(=O)[15NH][13C](=O)[15NH]1. The van der Waals surface area contributed by atoms with Crippen LogP contribution in [0.4, 0.5) is 4.79 Å². The average molecular weight is 131 g/mol. The van der Waals surface area contributed by atoms with Gasteiger partial charge in [-0.25, -0.2) is 4.79 Å². The molecule has 1 rings (SSSR count). The van der Waals surface area contributed by atoms with Gasteiger partial charge in [0.15, 0.2) is 0 Å². The number of rotatable bonds is 0. The zero-order valence-electron chi connectivity index (χ0n) is 4.43. The van der Waals surface area contributed by atoms with E-state index in [2.05, 4.69) is 0 Å². The Hall–Kier alpha value is -1.39. The van der Waals surface area contributed by atoms with Crippen molar-refractivity contribution in [2.75, 3.05) is 0 Å². The van der Waals surface area contributed by atoms with Crippen LogP contribution in [-0.4, -0.2) is 17.8 Å². The summed E-state index contributed by atoms with van der Waals surface area (Å²) in [6.07, 6.45) is -0.258. The quantitative estimate of drug-likeness (QED) is 0.245. The van der Waals surface area contributed by atoms with Gasteiger partial charge in [-0.1, -0.05) is 0 Å². The smallest absolute Gasteiger partial charge is 0.277 e. The Balaban J connectivity index is 2.64. The summed E-state index contributed by atoms with van der Waals surface area (Å²) in [6.45, 7) is 0. The fraction of sp³-hybridized carbons (Fsp3) is 0.250. The Morgan fingerprint density at radius 1 is 1.00 bits per heavy atom. The van der Waals surface area contributed by atoms with E-state index in [1.54, 1.807) is 0 Å². The maximum atomic E-state index is 10.3. The van der Waals surface area contributed by atoms with Crippen LogP contribution in [0.1, 0.15) is 6.42 Å². The number of barbiturate groups is 1. The first-order valence-corrected chi connectivity index (χ1v) is 2.32. The van der Waals surface area contributed by atoms with Crippen molar-refractivity contribution in [1.29, 1.82) is 0 Å². The van der Waals surface area contributed by atoms with E-state index in [9.17, 15) is 14.4 Å². The summed E-state index contributed by atoms with van der Waals surface area (Å²) in [5, 5.41) is 3.80. The molecule has 1 heterocycles. The van der Waals surface area contributed by atoms with E-state index >= 15 is 0 Å². The minimum atomic E-state index is -0.740. The predicted molar refractivity (Wildman–Crippen MR) is 26.3 cm³/mol. The molecule has 0 radical (unpaired) electrons. The number of carbonyl (C=O) groups is 3. The molecule has 0 aromatic carbocycles. The van der Waals surface area contributed by atoms with Gasteiger partial charge < -0.3 is 0 Å². The Morgan fingerprint density at radius 3 is 1.78 bits per heavy atom. The summed E-state index contributed by atoms with van der Waals surface area (Å²) in [5.74, 6) is -1.10. The summed E-state index contributed by atoms with van der Waals surface area (Å²) in [5.41, 5.74) is 0. The molecule has 0 spiro atoms. The van der Waals surface area contributed by atoms with Crippen LogP contribution in [-0.2, 0) is 9.59 Å². The lowest BCUT2D eigenvalue weighted by atomic mass is 10.4. The van der Waals surface area contributed by atoms with Crippen LogP contribution < -0.4 is 10.6 Å². The fourth-order valence-corrected chi connectivity index (χ4v) is 0.519. The molecular weight excluding hydrogens is 127 g/mol. The van der Waals surface area contributed by atoms with E-state index in [1.165, 1.54) is 0 Å². The third-order valence-corrected chi connectivity index (χ3v) is 0.827. The lowest BCUT2D eigenvalue weighted by Gasteiger charge is -2.09. The number of imide groups is 2. The van der Waals surface area contributed by atoms with Gasteiger partial charge in [0.1, 0.15) is 6.42 Å². The molecule has 9 heavy (non-hydrogen) atoms. The molecule has 1 fully saturated rings. The van der Waals surface area contributed by atoms with Crippen LogP contribution in [0.25, 0.3) is 0 Å². The molecule has 5 heteroatoms. The van der Waals surface area contributed by atoms with Crippen LogP contribution in [0.15, 0.2) is 0 Å². The van der Waals surface area contributed by atoms with E-state index in [-0.39, 0.29) is 6.42 Å². The number of hydrogen-bond donors (Lipinski definition) is 2. The summed E-state index contributed by atoms with van der Waals surface area (Å²) in [6, 6.07) is -0.740. The van der Waals surface area contributed by atoms with Gasteiger partial charge in [0.05, 0.1) is 0 Å². The Kier molecular flexibility index (Phi) is 1.18. The molecule has 0 aliphatic carbocycles. The van der Waals surface area contributed by atoms with Crippen molar-refractivity contribution in [2.45, 2.75) is 6.42 Å². The van der Waals surface area contributed by atoms with Gasteiger partial charge in [-0.05, 0) is 0 Å². The van der Waals surface area contributed by atoms with Crippen molar-refractivity contribution in [2.24, 2.45) is 0 Å². The molecule has 0 aromatic rings. The second-order valence-corrected chi connectivity index (χ2v) is 1.60. The highest BCUT2D eigenvalue weighted by atomic mass is 16.4. The van der Waals surface area contributed by atoms with Crippen LogP contribution in [0.3, 0.4) is 0 Å². The van der Waals surface area contributed by atoms with E-state index in [1.807, 2.05) is 10.6 Å². The second-order valence-electron chi connectivity index (χ2n) is 1.60. The third kappa shape index (κ3) is 1.25. The van der Waals surface area contributed by atoms with Crippen molar-refractivity contribution in [3.05, 3.63) is 0 Å². The first kappa shape index (κ1) is 5.74. The summed E-state index contributed by atoms with van der Waals surface area (Å²) >= 11 is 0. The third-order valence-electron chi connectivity index (χ3n) is 0.827.